The number of carbonyl (C=O) groups is 1. The molecule has 2 aromatic carbocycles. The summed E-state index contributed by atoms with van der Waals surface area (Å²) < 4.78 is 31.5. The summed E-state index contributed by atoms with van der Waals surface area (Å²) in [6, 6.07) is 12.4. The molecular formula is C20H22ClN3O4S. The lowest BCUT2D eigenvalue weighted by Crippen LogP contribution is -2.47. The van der Waals surface area contributed by atoms with Crippen molar-refractivity contribution in [2.75, 3.05) is 23.0 Å². The highest BCUT2D eigenvalue weighted by Crippen LogP contribution is 2.35. The van der Waals surface area contributed by atoms with Gasteiger partial charge in [-0.3, -0.25) is 9.10 Å². The molecule has 7 nitrogen and oxygen atoms in total. The van der Waals surface area contributed by atoms with E-state index in [1.165, 1.54) is 13.2 Å². The fraction of sp³-hybridized carbons (Fsp3) is 0.300. The number of nitriles is 1. The molecule has 0 aliphatic carbocycles. The van der Waals surface area contributed by atoms with Gasteiger partial charge in [0.2, 0.25) is 15.9 Å². The van der Waals surface area contributed by atoms with Gasteiger partial charge in [-0.25, -0.2) is 8.42 Å². The lowest BCUT2D eigenvalue weighted by molar-refractivity contribution is -0.117. The topological polar surface area (TPSA) is 99.5 Å². The predicted molar refractivity (Wildman–Crippen MR) is 114 cm³/mol. The van der Waals surface area contributed by atoms with Gasteiger partial charge >= 0.3 is 0 Å². The normalized spacial score (nSPS) is 12.0. The fourth-order valence-electron chi connectivity index (χ4n) is 2.89. The number of nitrogens with zero attached hydrogens (tertiary/aromatic N) is 2. The molecule has 0 heterocycles. The molecule has 0 saturated carbocycles. The molecule has 1 atom stereocenters. The summed E-state index contributed by atoms with van der Waals surface area (Å²) in [4.78, 5) is 13.0. The minimum absolute atomic E-state index is 0.189. The van der Waals surface area contributed by atoms with Crippen LogP contribution in [0, 0.1) is 11.3 Å². The highest BCUT2D eigenvalue weighted by atomic mass is 35.5. The molecule has 29 heavy (non-hydrogen) atoms. The molecule has 154 valence electrons. The maximum absolute atomic E-state index is 13.0. The zero-order chi connectivity index (χ0) is 21.6. The second-order valence-corrected chi connectivity index (χ2v) is 8.62. The van der Waals surface area contributed by atoms with Crippen LogP contribution in [0.5, 0.6) is 5.75 Å². The summed E-state index contributed by atoms with van der Waals surface area (Å²) >= 11 is 6.07. The number of anilines is 2. The zero-order valence-corrected chi connectivity index (χ0v) is 17.9. The third-order valence-electron chi connectivity index (χ3n) is 4.21. The molecular weight excluding hydrogens is 414 g/mol. The Bertz CT molecular complexity index is 1020. The van der Waals surface area contributed by atoms with Crippen LogP contribution in [0.25, 0.3) is 0 Å². The molecule has 1 amide bonds. The quantitative estimate of drug-likeness (QED) is 0.682. The number of nitrogens with one attached hydrogen (secondary N) is 1. The monoisotopic (exact) mass is 435 g/mol. The average Bonchev–Trinajstić information content (AvgIpc) is 2.66. The number of amides is 1. The Morgan fingerprint density at radius 1 is 1.28 bits per heavy atom. The van der Waals surface area contributed by atoms with Crippen LogP contribution in [0.1, 0.15) is 18.9 Å². The van der Waals surface area contributed by atoms with Gasteiger partial charge in [-0.05, 0) is 42.3 Å². The lowest BCUT2D eigenvalue weighted by Gasteiger charge is -2.31. The van der Waals surface area contributed by atoms with E-state index in [0.29, 0.717) is 10.7 Å². The molecule has 0 spiro atoms. The standard InChI is InChI=1S/C20H22ClN3O4S/c1-4-17(20(25)23-16-8-5-14(6-9-16)11-12-22)24(29(3,26)27)18-13-15(21)7-10-19(18)28-2/h5-10,13,17H,4,11H2,1-3H3,(H,23,25). The van der Waals surface area contributed by atoms with Crippen LogP contribution in [0.4, 0.5) is 11.4 Å². The Morgan fingerprint density at radius 2 is 1.93 bits per heavy atom. The van der Waals surface area contributed by atoms with Crippen LogP contribution >= 0.6 is 11.6 Å². The first-order valence-electron chi connectivity index (χ1n) is 8.81. The summed E-state index contributed by atoms with van der Waals surface area (Å²) in [6.45, 7) is 1.72. The van der Waals surface area contributed by atoms with Gasteiger partial charge in [0.1, 0.15) is 11.8 Å². The van der Waals surface area contributed by atoms with Gasteiger partial charge in [0.05, 0.1) is 31.5 Å². The molecule has 1 N–H and O–H groups in total. The first kappa shape index (κ1) is 22.5. The van der Waals surface area contributed by atoms with E-state index < -0.39 is 22.0 Å². The number of carbonyl (C=O) groups excluding carboxylic acids is 1. The number of methoxy groups -OCH3 is 1. The summed E-state index contributed by atoms with van der Waals surface area (Å²) in [5.41, 5.74) is 1.51. The Labute approximate surface area is 175 Å². The fourth-order valence-corrected chi connectivity index (χ4v) is 4.27. The number of ether oxygens (including phenoxy) is 1. The highest BCUT2D eigenvalue weighted by Gasteiger charge is 2.33. The smallest absolute Gasteiger partial charge is 0.248 e. The first-order chi connectivity index (χ1) is 13.7. The van der Waals surface area contributed by atoms with Gasteiger partial charge in [0, 0.05) is 10.7 Å². The van der Waals surface area contributed by atoms with Crippen molar-refractivity contribution >= 4 is 38.9 Å². The molecule has 0 aromatic heterocycles. The van der Waals surface area contributed by atoms with Crippen molar-refractivity contribution in [3.05, 3.63) is 53.1 Å². The maximum atomic E-state index is 13.0. The summed E-state index contributed by atoms with van der Waals surface area (Å²) in [5.74, 6) is -0.208. The van der Waals surface area contributed by atoms with Crippen LogP contribution in [-0.2, 0) is 21.2 Å². The van der Waals surface area contributed by atoms with Gasteiger partial charge in [-0.2, -0.15) is 5.26 Å². The minimum Gasteiger partial charge on any atom is -0.495 e. The molecule has 0 bridgehead atoms. The largest absolute Gasteiger partial charge is 0.495 e. The van der Waals surface area contributed by atoms with Crippen molar-refractivity contribution in [1.82, 2.24) is 0 Å². The Hall–Kier alpha value is -2.76. The number of sulfonamides is 1. The molecule has 0 aliphatic rings. The van der Waals surface area contributed by atoms with Gasteiger partial charge in [0.25, 0.3) is 0 Å². The summed E-state index contributed by atoms with van der Waals surface area (Å²) in [7, 11) is -2.42. The van der Waals surface area contributed by atoms with Crippen LogP contribution in [-0.4, -0.2) is 33.7 Å². The van der Waals surface area contributed by atoms with Crippen LogP contribution < -0.4 is 14.4 Å². The molecule has 0 fully saturated rings. The van der Waals surface area contributed by atoms with E-state index in [2.05, 4.69) is 11.4 Å². The summed E-state index contributed by atoms with van der Waals surface area (Å²) in [5, 5.41) is 11.8. The molecule has 9 heteroatoms. The van der Waals surface area contributed by atoms with Crippen molar-refractivity contribution in [2.45, 2.75) is 25.8 Å². The molecule has 0 aliphatic heterocycles. The van der Waals surface area contributed by atoms with Crippen molar-refractivity contribution in [1.29, 1.82) is 5.26 Å². The van der Waals surface area contributed by atoms with Crippen LogP contribution in [0.2, 0.25) is 5.02 Å². The van der Waals surface area contributed by atoms with E-state index in [1.807, 2.05) is 0 Å². The van der Waals surface area contributed by atoms with Gasteiger partial charge < -0.3 is 10.1 Å². The second-order valence-electron chi connectivity index (χ2n) is 6.32. The van der Waals surface area contributed by atoms with E-state index in [-0.39, 0.29) is 24.3 Å². The van der Waals surface area contributed by atoms with Gasteiger partial charge in [-0.15, -0.1) is 0 Å². The maximum Gasteiger partial charge on any atom is 0.248 e. The van der Waals surface area contributed by atoms with E-state index in [0.717, 1.165) is 16.1 Å². The number of halogens is 1. The van der Waals surface area contributed by atoms with Crippen LogP contribution in [0.15, 0.2) is 42.5 Å². The van der Waals surface area contributed by atoms with Crippen LogP contribution in [0.3, 0.4) is 0 Å². The SMILES string of the molecule is CCC(C(=O)Nc1ccc(CC#N)cc1)N(c1cc(Cl)ccc1OC)S(C)(=O)=O. The lowest BCUT2D eigenvalue weighted by atomic mass is 10.1. The van der Waals surface area contributed by atoms with E-state index in [1.54, 1.807) is 43.3 Å². The average molecular weight is 436 g/mol. The molecule has 2 aromatic rings. The number of rotatable bonds is 8. The Kier molecular flexibility index (Phi) is 7.48. The van der Waals surface area contributed by atoms with Gasteiger partial charge in [-0.1, -0.05) is 30.7 Å². The third-order valence-corrected chi connectivity index (χ3v) is 5.61. The zero-order valence-electron chi connectivity index (χ0n) is 16.3. The molecule has 1 unspecified atom stereocenters. The molecule has 0 radical (unpaired) electrons. The first-order valence-corrected chi connectivity index (χ1v) is 11.0. The van der Waals surface area contributed by atoms with Crippen molar-refractivity contribution < 1.29 is 17.9 Å². The van der Waals surface area contributed by atoms with Crippen molar-refractivity contribution in [2.24, 2.45) is 0 Å². The van der Waals surface area contributed by atoms with E-state index >= 15 is 0 Å². The Morgan fingerprint density at radius 3 is 2.45 bits per heavy atom. The van der Waals surface area contributed by atoms with E-state index in [4.69, 9.17) is 21.6 Å². The highest BCUT2D eigenvalue weighted by molar-refractivity contribution is 7.92. The number of benzene rings is 2. The third kappa shape index (κ3) is 5.62. The molecule has 2 rings (SSSR count). The van der Waals surface area contributed by atoms with Crippen molar-refractivity contribution in [3.8, 4) is 11.8 Å². The number of hydrogen-bond donors (Lipinski definition) is 1. The predicted octanol–water partition coefficient (Wildman–Crippen LogP) is 3.60. The second kappa shape index (κ2) is 9.63. The van der Waals surface area contributed by atoms with E-state index in [9.17, 15) is 13.2 Å². The Balaban J connectivity index is 2.40. The van der Waals surface area contributed by atoms with Gasteiger partial charge in [0.15, 0.2) is 0 Å². The minimum atomic E-state index is -3.83. The molecule has 0 saturated heterocycles. The summed E-state index contributed by atoms with van der Waals surface area (Å²) in [6.07, 6.45) is 1.52. The van der Waals surface area contributed by atoms with Crippen molar-refractivity contribution in [3.63, 3.8) is 0 Å². The number of hydrogen-bond acceptors (Lipinski definition) is 5.